The van der Waals surface area contributed by atoms with Crippen LogP contribution in [0.2, 0.25) is 0 Å². The second kappa shape index (κ2) is 5.95. The highest BCUT2D eigenvalue weighted by atomic mass is 16.5. The van der Waals surface area contributed by atoms with Gasteiger partial charge >= 0.3 is 0 Å². The van der Waals surface area contributed by atoms with Gasteiger partial charge in [-0.25, -0.2) is 0 Å². The Balaban J connectivity index is 1.80. The van der Waals surface area contributed by atoms with Crippen LogP contribution in [0.3, 0.4) is 0 Å². The van der Waals surface area contributed by atoms with Gasteiger partial charge in [0.1, 0.15) is 0 Å². The second-order valence-electron chi connectivity index (χ2n) is 6.30. The Morgan fingerprint density at radius 2 is 2.09 bits per heavy atom. The zero-order valence-corrected chi connectivity index (χ0v) is 13.4. The first kappa shape index (κ1) is 14.8. The molecule has 1 N–H and O–H groups in total. The molecule has 1 fully saturated rings. The number of nitrogens with one attached hydrogen (secondary N) is 1. The lowest BCUT2D eigenvalue weighted by atomic mass is 9.83. The molecule has 2 aromatic rings. The SMILES string of the molecule is Cc1ccc(NC(=O)CC2CCC2)cc1-c1onc(C)c1C. The summed E-state index contributed by atoms with van der Waals surface area (Å²) >= 11 is 0. The smallest absolute Gasteiger partial charge is 0.224 e. The molecule has 1 amide bonds. The summed E-state index contributed by atoms with van der Waals surface area (Å²) in [5.41, 5.74) is 4.85. The van der Waals surface area contributed by atoms with Crippen LogP contribution in [-0.4, -0.2) is 11.1 Å². The molecule has 0 radical (unpaired) electrons. The van der Waals surface area contributed by atoms with Crippen LogP contribution >= 0.6 is 0 Å². The van der Waals surface area contributed by atoms with Gasteiger partial charge in [-0.2, -0.15) is 0 Å². The van der Waals surface area contributed by atoms with Crippen molar-refractivity contribution in [2.45, 2.75) is 46.5 Å². The highest BCUT2D eigenvalue weighted by Crippen LogP contribution is 2.32. The number of hydrogen-bond acceptors (Lipinski definition) is 3. The first-order valence-electron chi connectivity index (χ1n) is 7.88. The normalized spacial score (nSPS) is 14.7. The minimum absolute atomic E-state index is 0.102. The molecule has 1 heterocycles. The second-order valence-corrected chi connectivity index (χ2v) is 6.30. The third-order valence-electron chi connectivity index (χ3n) is 4.62. The summed E-state index contributed by atoms with van der Waals surface area (Å²) in [4.78, 5) is 12.1. The van der Waals surface area contributed by atoms with Crippen molar-refractivity contribution in [2.75, 3.05) is 5.32 Å². The van der Waals surface area contributed by atoms with Crippen molar-refractivity contribution in [3.05, 3.63) is 35.0 Å². The molecule has 4 nitrogen and oxygen atoms in total. The van der Waals surface area contributed by atoms with Gasteiger partial charge in [0.15, 0.2) is 5.76 Å². The van der Waals surface area contributed by atoms with E-state index >= 15 is 0 Å². The van der Waals surface area contributed by atoms with Crippen LogP contribution in [0, 0.1) is 26.7 Å². The van der Waals surface area contributed by atoms with Crippen molar-refractivity contribution < 1.29 is 9.32 Å². The lowest BCUT2D eigenvalue weighted by Crippen LogP contribution is -2.20. The lowest BCUT2D eigenvalue weighted by Gasteiger charge is -2.24. The maximum absolute atomic E-state index is 12.1. The van der Waals surface area contributed by atoms with E-state index in [9.17, 15) is 4.79 Å². The van der Waals surface area contributed by atoms with Crippen LogP contribution in [-0.2, 0) is 4.79 Å². The highest BCUT2D eigenvalue weighted by molar-refractivity contribution is 5.91. The predicted octanol–water partition coefficient (Wildman–Crippen LogP) is 4.40. The molecule has 1 aromatic heterocycles. The monoisotopic (exact) mass is 298 g/mol. The van der Waals surface area contributed by atoms with Crippen LogP contribution in [0.25, 0.3) is 11.3 Å². The molecule has 0 aliphatic heterocycles. The van der Waals surface area contributed by atoms with E-state index in [1.165, 1.54) is 19.3 Å². The number of nitrogens with zero attached hydrogens (tertiary/aromatic N) is 1. The van der Waals surface area contributed by atoms with E-state index in [-0.39, 0.29) is 5.91 Å². The highest BCUT2D eigenvalue weighted by Gasteiger charge is 2.21. The van der Waals surface area contributed by atoms with Gasteiger partial charge in [-0.15, -0.1) is 0 Å². The van der Waals surface area contributed by atoms with E-state index in [0.29, 0.717) is 12.3 Å². The van der Waals surface area contributed by atoms with E-state index < -0.39 is 0 Å². The van der Waals surface area contributed by atoms with Crippen molar-refractivity contribution in [2.24, 2.45) is 5.92 Å². The Morgan fingerprint density at radius 1 is 1.32 bits per heavy atom. The molecule has 0 unspecified atom stereocenters. The molecule has 1 saturated carbocycles. The van der Waals surface area contributed by atoms with Gasteiger partial charge in [0.25, 0.3) is 0 Å². The van der Waals surface area contributed by atoms with Crippen LogP contribution in [0.1, 0.15) is 42.5 Å². The molecule has 0 spiro atoms. The summed E-state index contributed by atoms with van der Waals surface area (Å²) in [6.45, 7) is 5.97. The minimum Gasteiger partial charge on any atom is -0.356 e. The molecule has 4 heteroatoms. The quantitative estimate of drug-likeness (QED) is 0.910. The maximum atomic E-state index is 12.1. The summed E-state index contributed by atoms with van der Waals surface area (Å²) in [6.07, 6.45) is 4.26. The molecule has 3 rings (SSSR count). The topological polar surface area (TPSA) is 55.1 Å². The Labute approximate surface area is 130 Å². The molecule has 1 aliphatic rings. The Hall–Kier alpha value is -2.10. The number of aryl methyl sites for hydroxylation is 2. The summed E-state index contributed by atoms with van der Waals surface area (Å²) in [7, 11) is 0. The largest absolute Gasteiger partial charge is 0.356 e. The fraction of sp³-hybridized carbons (Fsp3) is 0.444. The van der Waals surface area contributed by atoms with Gasteiger partial charge in [-0.3, -0.25) is 4.79 Å². The van der Waals surface area contributed by atoms with Crippen molar-refractivity contribution >= 4 is 11.6 Å². The average molecular weight is 298 g/mol. The third-order valence-corrected chi connectivity index (χ3v) is 4.62. The molecular formula is C18H22N2O2. The first-order valence-corrected chi connectivity index (χ1v) is 7.88. The zero-order chi connectivity index (χ0) is 15.7. The number of benzene rings is 1. The minimum atomic E-state index is 0.102. The zero-order valence-electron chi connectivity index (χ0n) is 13.4. The Bertz CT molecular complexity index is 699. The van der Waals surface area contributed by atoms with Crippen molar-refractivity contribution in [3.8, 4) is 11.3 Å². The van der Waals surface area contributed by atoms with Crippen LogP contribution < -0.4 is 5.32 Å². The Morgan fingerprint density at radius 3 is 2.68 bits per heavy atom. The molecule has 0 bridgehead atoms. The third kappa shape index (κ3) is 2.91. The molecule has 0 saturated heterocycles. The van der Waals surface area contributed by atoms with E-state index in [2.05, 4.69) is 10.5 Å². The first-order chi connectivity index (χ1) is 10.5. The number of anilines is 1. The number of carbonyl (C=O) groups is 1. The van der Waals surface area contributed by atoms with Gasteiger partial charge in [-0.05, 0) is 57.2 Å². The number of aromatic nitrogens is 1. The van der Waals surface area contributed by atoms with Crippen LogP contribution in [0.4, 0.5) is 5.69 Å². The van der Waals surface area contributed by atoms with Gasteiger partial charge in [0, 0.05) is 23.2 Å². The van der Waals surface area contributed by atoms with Crippen molar-refractivity contribution in [1.29, 1.82) is 0 Å². The lowest BCUT2D eigenvalue weighted by molar-refractivity contribution is -0.117. The van der Waals surface area contributed by atoms with E-state index in [0.717, 1.165) is 33.8 Å². The maximum Gasteiger partial charge on any atom is 0.224 e. The van der Waals surface area contributed by atoms with E-state index in [1.807, 2.05) is 39.0 Å². The average Bonchev–Trinajstić information content (AvgIpc) is 2.77. The fourth-order valence-corrected chi connectivity index (χ4v) is 2.78. The summed E-state index contributed by atoms with van der Waals surface area (Å²) in [5, 5.41) is 7.02. The van der Waals surface area contributed by atoms with Gasteiger partial charge in [-0.1, -0.05) is 17.6 Å². The van der Waals surface area contributed by atoms with Gasteiger partial charge in [0.05, 0.1) is 5.69 Å². The molecule has 116 valence electrons. The Kier molecular flexibility index (Phi) is 4.01. The van der Waals surface area contributed by atoms with Crippen molar-refractivity contribution in [1.82, 2.24) is 5.16 Å². The van der Waals surface area contributed by atoms with Gasteiger partial charge < -0.3 is 9.84 Å². The molecule has 1 aromatic carbocycles. The number of carbonyl (C=O) groups excluding carboxylic acids is 1. The standard InChI is InChI=1S/C18H22N2O2/c1-11-7-8-15(19-17(21)9-14-5-4-6-14)10-16(11)18-12(2)13(3)20-22-18/h7-8,10,14H,4-6,9H2,1-3H3,(H,19,21). The van der Waals surface area contributed by atoms with Gasteiger partial charge in [0.2, 0.25) is 5.91 Å². The number of hydrogen-bond donors (Lipinski definition) is 1. The van der Waals surface area contributed by atoms with Crippen LogP contribution in [0.5, 0.6) is 0 Å². The fourth-order valence-electron chi connectivity index (χ4n) is 2.78. The van der Waals surface area contributed by atoms with Crippen LogP contribution in [0.15, 0.2) is 22.7 Å². The summed E-state index contributed by atoms with van der Waals surface area (Å²) in [5.74, 6) is 1.46. The summed E-state index contributed by atoms with van der Waals surface area (Å²) < 4.78 is 5.45. The molecular weight excluding hydrogens is 276 g/mol. The molecule has 0 atom stereocenters. The van der Waals surface area contributed by atoms with E-state index in [4.69, 9.17) is 4.52 Å². The predicted molar refractivity (Wildman–Crippen MR) is 86.7 cm³/mol. The van der Waals surface area contributed by atoms with Crippen molar-refractivity contribution in [3.63, 3.8) is 0 Å². The number of amides is 1. The molecule has 1 aliphatic carbocycles. The summed E-state index contributed by atoms with van der Waals surface area (Å²) in [6, 6.07) is 5.92. The van der Waals surface area contributed by atoms with E-state index in [1.54, 1.807) is 0 Å². The molecule has 22 heavy (non-hydrogen) atoms. The number of rotatable bonds is 4.